The minimum absolute atomic E-state index is 0.0557. The molecule has 31 heavy (non-hydrogen) atoms. The van der Waals surface area contributed by atoms with Crippen LogP contribution in [-0.4, -0.2) is 30.0 Å². The number of rotatable bonds is 4. The van der Waals surface area contributed by atoms with Gasteiger partial charge in [0.2, 0.25) is 0 Å². The van der Waals surface area contributed by atoms with Gasteiger partial charge in [0.1, 0.15) is 11.1 Å². The Bertz CT molecular complexity index is 1320. The van der Waals surface area contributed by atoms with E-state index in [9.17, 15) is 19.2 Å². The summed E-state index contributed by atoms with van der Waals surface area (Å²) in [5.41, 5.74) is 6.59. The van der Waals surface area contributed by atoms with Crippen LogP contribution in [0.1, 0.15) is 47.8 Å². The van der Waals surface area contributed by atoms with E-state index >= 15 is 0 Å². The number of ether oxygens (including phenoxy) is 1. The van der Waals surface area contributed by atoms with Crippen molar-refractivity contribution >= 4 is 45.5 Å². The Morgan fingerprint density at radius 3 is 2.45 bits per heavy atom. The molecule has 4 rings (SSSR count). The molecule has 152 valence electrons. The normalized spacial score (nSPS) is 11.8. The molecular weight excluding hydrogens is 418 g/mol. The number of hydrogen-bond acceptors (Lipinski definition) is 8. The zero-order valence-electron chi connectivity index (χ0n) is 15.8. The Morgan fingerprint density at radius 2 is 1.74 bits per heavy atom. The zero-order chi connectivity index (χ0) is 22.1. The highest BCUT2D eigenvalue weighted by molar-refractivity contribution is 7.14. The number of esters is 1. The average molecular weight is 431 g/mol. The molecule has 0 unspecified atom stereocenters. The number of carbonyl (C=O) groups is 4. The smallest absolute Gasteiger partial charge is 0.340 e. The molecule has 1 aliphatic carbocycles. The number of anilines is 2. The van der Waals surface area contributed by atoms with Crippen molar-refractivity contribution in [1.82, 2.24) is 0 Å². The van der Waals surface area contributed by atoms with Gasteiger partial charge in [0, 0.05) is 16.7 Å². The van der Waals surface area contributed by atoms with Crippen LogP contribution >= 0.6 is 11.3 Å². The van der Waals surface area contributed by atoms with Gasteiger partial charge in [0.25, 0.3) is 5.91 Å². The lowest BCUT2D eigenvalue weighted by Crippen LogP contribution is -2.25. The number of nitriles is 1. The topological polar surface area (TPSA) is 139 Å². The van der Waals surface area contributed by atoms with E-state index in [2.05, 4.69) is 5.32 Å². The van der Waals surface area contributed by atoms with E-state index in [0.29, 0.717) is 10.6 Å². The van der Waals surface area contributed by atoms with Crippen molar-refractivity contribution in [3.63, 3.8) is 0 Å². The van der Waals surface area contributed by atoms with Gasteiger partial charge < -0.3 is 15.8 Å². The fourth-order valence-corrected chi connectivity index (χ4v) is 4.01. The second-order valence-electron chi connectivity index (χ2n) is 6.55. The van der Waals surface area contributed by atoms with E-state index in [1.54, 1.807) is 29.6 Å². The first kappa shape index (κ1) is 20.0. The van der Waals surface area contributed by atoms with Crippen molar-refractivity contribution in [2.75, 3.05) is 17.7 Å². The average Bonchev–Trinajstić information content (AvgIpc) is 3.22. The molecule has 3 aromatic rings. The number of nitrogens with zero attached hydrogens (tertiary/aromatic N) is 1. The number of amides is 1. The number of benzene rings is 2. The van der Waals surface area contributed by atoms with E-state index in [-0.39, 0.29) is 39.3 Å². The van der Waals surface area contributed by atoms with E-state index in [1.807, 2.05) is 6.07 Å². The maximum atomic E-state index is 12.9. The largest absolute Gasteiger partial charge is 0.452 e. The summed E-state index contributed by atoms with van der Waals surface area (Å²) < 4.78 is 5.01. The second-order valence-corrected chi connectivity index (χ2v) is 7.47. The highest BCUT2D eigenvalue weighted by Crippen LogP contribution is 2.33. The number of fused-ring (bicyclic) bond motifs is 2. The number of carbonyl (C=O) groups excluding carboxylic acids is 4. The van der Waals surface area contributed by atoms with Crippen molar-refractivity contribution < 1.29 is 23.9 Å². The van der Waals surface area contributed by atoms with Crippen LogP contribution in [0.15, 0.2) is 47.8 Å². The first-order valence-electron chi connectivity index (χ1n) is 8.97. The molecule has 0 saturated heterocycles. The lowest BCUT2D eigenvalue weighted by atomic mass is 9.82. The highest BCUT2D eigenvalue weighted by atomic mass is 32.1. The molecule has 0 saturated carbocycles. The summed E-state index contributed by atoms with van der Waals surface area (Å²) in [6.07, 6.45) is 0. The minimum Gasteiger partial charge on any atom is -0.452 e. The van der Waals surface area contributed by atoms with E-state index in [1.165, 1.54) is 18.2 Å². The standard InChI is InChI=1S/C22H13N3O5S/c23-9-11-7-8-31-21(11)25-16(26)10-30-22(29)15-6-5-14-17(18(15)24)20(28)13-4-2-1-3-12(13)19(14)27/h1-8H,10,24H2,(H,25,26). The van der Waals surface area contributed by atoms with Crippen LogP contribution in [-0.2, 0) is 9.53 Å². The van der Waals surface area contributed by atoms with Crippen LogP contribution in [0, 0.1) is 11.3 Å². The molecule has 0 radical (unpaired) electrons. The Balaban J connectivity index is 1.54. The molecular formula is C22H13N3O5S. The SMILES string of the molecule is N#Cc1ccsc1NC(=O)COC(=O)c1ccc2c(c1N)C(=O)c1ccccc1C2=O. The predicted octanol–water partition coefficient (Wildman–Crippen LogP) is 2.77. The monoisotopic (exact) mass is 431 g/mol. The number of nitrogens with two attached hydrogens (primary N) is 1. The van der Waals surface area contributed by atoms with Gasteiger partial charge in [-0.15, -0.1) is 11.3 Å². The molecule has 1 amide bonds. The molecule has 2 aromatic carbocycles. The van der Waals surface area contributed by atoms with E-state index in [0.717, 1.165) is 11.3 Å². The summed E-state index contributed by atoms with van der Waals surface area (Å²) in [4.78, 5) is 50.1. The Morgan fingerprint density at radius 1 is 1.03 bits per heavy atom. The van der Waals surface area contributed by atoms with Crippen LogP contribution in [0.3, 0.4) is 0 Å². The summed E-state index contributed by atoms with van der Waals surface area (Å²) in [7, 11) is 0. The molecule has 3 N–H and O–H groups in total. The molecule has 1 aromatic heterocycles. The summed E-state index contributed by atoms with van der Waals surface area (Å²) in [5.74, 6) is -2.37. The third-order valence-electron chi connectivity index (χ3n) is 4.73. The van der Waals surface area contributed by atoms with Gasteiger partial charge in [0.15, 0.2) is 18.2 Å². The highest BCUT2D eigenvalue weighted by Gasteiger charge is 2.33. The molecule has 9 heteroatoms. The van der Waals surface area contributed by atoms with Crippen LogP contribution in [0.25, 0.3) is 0 Å². The lowest BCUT2D eigenvalue weighted by molar-refractivity contribution is -0.119. The van der Waals surface area contributed by atoms with Crippen molar-refractivity contribution in [2.45, 2.75) is 0 Å². The summed E-state index contributed by atoms with van der Waals surface area (Å²) in [5, 5.41) is 13.4. The lowest BCUT2D eigenvalue weighted by Gasteiger charge is -2.20. The predicted molar refractivity (Wildman–Crippen MR) is 112 cm³/mol. The second kappa shape index (κ2) is 7.85. The minimum atomic E-state index is -0.916. The number of nitrogen functional groups attached to an aromatic ring is 1. The maximum Gasteiger partial charge on any atom is 0.340 e. The van der Waals surface area contributed by atoms with Gasteiger partial charge in [-0.3, -0.25) is 14.4 Å². The van der Waals surface area contributed by atoms with Gasteiger partial charge in [-0.05, 0) is 23.6 Å². The van der Waals surface area contributed by atoms with Crippen molar-refractivity contribution in [3.05, 3.63) is 81.2 Å². The summed E-state index contributed by atoms with van der Waals surface area (Å²) in [6.45, 7) is -0.617. The van der Waals surface area contributed by atoms with Gasteiger partial charge in [-0.2, -0.15) is 5.26 Å². The summed E-state index contributed by atoms with van der Waals surface area (Å²) in [6, 6.07) is 12.5. The first-order valence-corrected chi connectivity index (χ1v) is 9.85. The molecule has 0 atom stereocenters. The van der Waals surface area contributed by atoms with Gasteiger partial charge in [-0.25, -0.2) is 4.79 Å². The Labute approximate surface area is 179 Å². The van der Waals surface area contributed by atoms with Crippen LogP contribution in [0.5, 0.6) is 0 Å². The molecule has 8 nitrogen and oxygen atoms in total. The summed E-state index contributed by atoms with van der Waals surface area (Å²) >= 11 is 1.16. The third-order valence-corrected chi connectivity index (χ3v) is 5.56. The van der Waals surface area contributed by atoms with Gasteiger partial charge in [-0.1, -0.05) is 24.3 Å². The molecule has 1 heterocycles. The third kappa shape index (κ3) is 3.45. The molecule has 1 aliphatic rings. The Hall–Kier alpha value is -4.29. The van der Waals surface area contributed by atoms with E-state index in [4.69, 9.17) is 15.7 Å². The zero-order valence-corrected chi connectivity index (χ0v) is 16.6. The molecule has 0 aliphatic heterocycles. The first-order chi connectivity index (χ1) is 14.9. The van der Waals surface area contributed by atoms with Crippen LogP contribution in [0.4, 0.5) is 10.7 Å². The number of ketones is 2. The quantitative estimate of drug-likeness (QED) is 0.374. The van der Waals surface area contributed by atoms with Crippen LogP contribution < -0.4 is 11.1 Å². The van der Waals surface area contributed by atoms with Crippen molar-refractivity contribution in [2.24, 2.45) is 0 Å². The number of thiophene rings is 1. The number of hydrogen-bond donors (Lipinski definition) is 2. The maximum absolute atomic E-state index is 12.9. The molecule has 0 fully saturated rings. The van der Waals surface area contributed by atoms with Crippen molar-refractivity contribution in [3.8, 4) is 6.07 Å². The van der Waals surface area contributed by atoms with Gasteiger partial charge >= 0.3 is 5.97 Å². The van der Waals surface area contributed by atoms with Crippen molar-refractivity contribution in [1.29, 1.82) is 5.26 Å². The fourth-order valence-electron chi connectivity index (χ4n) is 3.26. The number of nitrogens with one attached hydrogen (secondary N) is 1. The fraction of sp³-hybridized carbons (Fsp3) is 0.0455. The molecule has 0 spiro atoms. The Kier molecular flexibility index (Phi) is 5.07. The van der Waals surface area contributed by atoms with Gasteiger partial charge in [0.05, 0.1) is 22.4 Å². The molecule has 0 bridgehead atoms. The van der Waals surface area contributed by atoms with E-state index < -0.39 is 24.3 Å². The van der Waals surface area contributed by atoms with Crippen LogP contribution in [0.2, 0.25) is 0 Å².